The van der Waals surface area contributed by atoms with Gasteiger partial charge in [-0.15, -0.1) is 0 Å². The number of carbonyl (C=O) groups excluding carboxylic acids is 1. The Balaban J connectivity index is 1.66. The van der Waals surface area contributed by atoms with Crippen LogP contribution < -0.4 is 0 Å². The zero-order valence-electron chi connectivity index (χ0n) is 15.3. The highest BCUT2D eigenvalue weighted by atomic mass is 32.2. The van der Waals surface area contributed by atoms with Crippen LogP contribution in [0, 0.1) is 0 Å². The summed E-state index contributed by atoms with van der Waals surface area (Å²) in [5.41, 5.74) is 1.62. The van der Waals surface area contributed by atoms with E-state index in [-0.39, 0.29) is 29.9 Å². The molecule has 0 unspecified atom stereocenters. The molecule has 1 aliphatic heterocycles. The van der Waals surface area contributed by atoms with Gasteiger partial charge in [-0.05, 0) is 29.7 Å². The van der Waals surface area contributed by atoms with Crippen LogP contribution in [0.25, 0.3) is 21.7 Å². The molecule has 4 rings (SSSR count). The molecule has 1 aromatic heterocycles. The van der Waals surface area contributed by atoms with E-state index in [1.165, 1.54) is 0 Å². The second-order valence-electron chi connectivity index (χ2n) is 7.24. The number of nitrogens with zero attached hydrogens (tertiary/aromatic N) is 1. The highest BCUT2D eigenvalue weighted by molar-refractivity contribution is 7.91. The highest BCUT2D eigenvalue weighted by Crippen LogP contribution is 2.30. The average Bonchev–Trinajstić information content (AvgIpc) is 3.22. The summed E-state index contributed by atoms with van der Waals surface area (Å²) in [7, 11) is -3.03. The minimum atomic E-state index is -3.03. The molecule has 142 valence electrons. The molecule has 2 aromatic carbocycles. The first-order valence-electron chi connectivity index (χ1n) is 9.36. The molecule has 0 spiro atoms. The largest absolute Gasteiger partial charge is 0.464 e. The first-order chi connectivity index (χ1) is 13.0. The summed E-state index contributed by atoms with van der Waals surface area (Å²) in [5, 5.41) is 3.14. The number of fused-ring (bicyclic) bond motifs is 3. The third-order valence-corrected chi connectivity index (χ3v) is 7.07. The minimum Gasteiger partial charge on any atom is -0.464 e. The van der Waals surface area contributed by atoms with Crippen molar-refractivity contribution >= 4 is 37.5 Å². The molecule has 27 heavy (non-hydrogen) atoms. The molecule has 1 atom stereocenters. The molecule has 5 nitrogen and oxygen atoms in total. The van der Waals surface area contributed by atoms with E-state index in [1.807, 2.05) is 43.3 Å². The maximum atomic E-state index is 13.1. The van der Waals surface area contributed by atoms with E-state index in [9.17, 15) is 13.2 Å². The van der Waals surface area contributed by atoms with E-state index >= 15 is 0 Å². The first kappa shape index (κ1) is 18.0. The maximum Gasteiger partial charge on any atom is 0.227 e. The summed E-state index contributed by atoms with van der Waals surface area (Å²) < 4.78 is 29.4. The van der Waals surface area contributed by atoms with Crippen molar-refractivity contribution in [3.63, 3.8) is 0 Å². The third kappa shape index (κ3) is 3.46. The molecule has 0 saturated carbocycles. The molecule has 0 radical (unpaired) electrons. The van der Waals surface area contributed by atoms with Gasteiger partial charge >= 0.3 is 0 Å². The van der Waals surface area contributed by atoms with Gasteiger partial charge in [-0.1, -0.05) is 37.3 Å². The van der Waals surface area contributed by atoms with Crippen LogP contribution >= 0.6 is 0 Å². The monoisotopic (exact) mass is 385 g/mol. The van der Waals surface area contributed by atoms with Crippen molar-refractivity contribution < 1.29 is 17.6 Å². The van der Waals surface area contributed by atoms with Gasteiger partial charge in [0.05, 0.1) is 24.2 Å². The van der Waals surface area contributed by atoms with Gasteiger partial charge in [0.2, 0.25) is 5.91 Å². The lowest BCUT2D eigenvalue weighted by Crippen LogP contribution is -2.42. The Labute approximate surface area is 158 Å². The number of benzene rings is 2. The smallest absolute Gasteiger partial charge is 0.227 e. The number of hydrogen-bond donors (Lipinski definition) is 0. The van der Waals surface area contributed by atoms with Gasteiger partial charge in [0.15, 0.2) is 9.84 Å². The zero-order valence-corrected chi connectivity index (χ0v) is 16.2. The molecular weight excluding hydrogens is 362 g/mol. The average molecular weight is 385 g/mol. The van der Waals surface area contributed by atoms with Gasteiger partial charge in [0.25, 0.3) is 0 Å². The van der Waals surface area contributed by atoms with Crippen molar-refractivity contribution in [3.05, 3.63) is 48.2 Å². The lowest BCUT2D eigenvalue weighted by Gasteiger charge is -2.28. The van der Waals surface area contributed by atoms with Crippen molar-refractivity contribution in [1.29, 1.82) is 0 Å². The Morgan fingerprint density at radius 3 is 2.78 bits per heavy atom. The second-order valence-corrected chi connectivity index (χ2v) is 9.47. The normalized spacial score (nSPS) is 18.9. The Hall–Kier alpha value is -2.34. The van der Waals surface area contributed by atoms with Crippen molar-refractivity contribution in [2.45, 2.75) is 32.2 Å². The Kier molecular flexibility index (Phi) is 4.68. The molecule has 0 bridgehead atoms. The fraction of sp³-hybridized carbons (Fsp3) is 0.381. The van der Waals surface area contributed by atoms with E-state index in [4.69, 9.17) is 4.42 Å². The van der Waals surface area contributed by atoms with Crippen LogP contribution in [0.4, 0.5) is 0 Å². The highest BCUT2D eigenvalue weighted by Gasteiger charge is 2.34. The van der Waals surface area contributed by atoms with Gasteiger partial charge in [0.1, 0.15) is 5.58 Å². The second kappa shape index (κ2) is 7.00. The van der Waals surface area contributed by atoms with Crippen LogP contribution in [0.3, 0.4) is 0 Å². The molecule has 1 aliphatic rings. The van der Waals surface area contributed by atoms with Crippen LogP contribution in [0.2, 0.25) is 0 Å². The summed E-state index contributed by atoms with van der Waals surface area (Å²) in [5.74, 6) is 0.215. The molecule has 6 heteroatoms. The van der Waals surface area contributed by atoms with Gasteiger partial charge in [-0.2, -0.15) is 0 Å². The van der Waals surface area contributed by atoms with Crippen LogP contribution in [0.15, 0.2) is 47.1 Å². The van der Waals surface area contributed by atoms with Crippen LogP contribution in [0.1, 0.15) is 25.3 Å². The predicted octanol–water partition coefficient (Wildman–Crippen LogP) is 3.55. The summed E-state index contributed by atoms with van der Waals surface area (Å²) in [6, 6.07) is 11.8. The van der Waals surface area contributed by atoms with Gasteiger partial charge in [0, 0.05) is 23.5 Å². The number of furan rings is 1. The SMILES string of the molecule is CCCN(C(=O)Cc1coc2ccc3ccccc3c12)[C@H]1CCS(=O)(=O)C1. The van der Waals surface area contributed by atoms with E-state index in [1.54, 1.807) is 11.2 Å². The van der Waals surface area contributed by atoms with Crippen molar-refractivity contribution in [2.75, 3.05) is 18.1 Å². The Bertz CT molecular complexity index is 1100. The van der Waals surface area contributed by atoms with Crippen molar-refractivity contribution in [2.24, 2.45) is 0 Å². The molecule has 1 saturated heterocycles. The number of amides is 1. The maximum absolute atomic E-state index is 13.1. The van der Waals surface area contributed by atoms with Crippen LogP contribution in [0.5, 0.6) is 0 Å². The molecule has 1 fully saturated rings. The lowest BCUT2D eigenvalue weighted by molar-refractivity contribution is -0.132. The quantitative estimate of drug-likeness (QED) is 0.674. The predicted molar refractivity (Wildman–Crippen MR) is 106 cm³/mol. The van der Waals surface area contributed by atoms with Crippen LogP contribution in [-0.2, 0) is 21.1 Å². The number of hydrogen-bond acceptors (Lipinski definition) is 4. The fourth-order valence-corrected chi connectivity index (χ4v) is 5.77. The van der Waals surface area contributed by atoms with Crippen LogP contribution in [-0.4, -0.2) is 43.3 Å². The summed E-state index contributed by atoms with van der Waals surface area (Å²) >= 11 is 0. The molecule has 2 heterocycles. The Morgan fingerprint density at radius 1 is 1.22 bits per heavy atom. The molecular formula is C21H23NO4S. The third-order valence-electron chi connectivity index (χ3n) is 5.32. The molecule has 0 N–H and O–H groups in total. The first-order valence-corrected chi connectivity index (χ1v) is 11.2. The zero-order chi connectivity index (χ0) is 19.0. The number of sulfone groups is 1. The number of carbonyl (C=O) groups is 1. The van der Waals surface area contributed by atoms with Crippen molar-refractivity contribution in [1.82, 2.24) is 4.90 Å². The van der Waals surface area contributed by atoms with E-state index in [0.717, 1.165) is 33.7 Å². The van der Waals surface area contributed by atoms with Gasteiger partial charge < -0.3 is 9.32 Å². The fourth-order valence-electron chi connectivity index (χ4n) is 4.04. The Morgan fingerprint density at radius 2 is 2.04 bits per heavy atom. The summed E-state index contributed by atoms with van der Waals surface area (Å²) in [6.07, 6.45) is 3.21. The standard InChI is InChI=1S/C21H23NO4S/c1-2-10-22(17-9-11-27(24,25)14-17)20(23)12-16-13-26-19-8-7-15-5-3-4-6-18(15)21(16)19/h3-8,13,17H,2,9-12,14H2,1H3/t17-/m0/s1. The van der Waals surface area contributed by atoms with Crippen molar-refractivity contribution in [3.8, 4) is 0 Å². The van der Waals surface area contributed by atoms with E-state index < -0.39 is 9.84 Å². The topological polar surface area (TPSA) is 67.6 Å². The summed E-state index contributed by atoms with van der Waals surface area (Å²) in [6.45, 7) is 2.58. The minimum absolute atomic E-state index is 0.0328. The molecule has 1 amide bonds. The van der Waals surface area contributed by atoms with Gasteiger partial charge in [-0.3, -0.25) is 4.79 Å². The molecule has 3 aromatic rings. The van der Waals surface area contributed by atoms with Gasteiger partial charge in [-0.25, -0.2) is 8.42 Å². The molecule has 0 aliphatic carbocycles. The van der Waals surface area contributed by atoms with E-state index in [0.29, 0.717) is 13.0 Å². The van der Waals surface area contributed by atoms with E-state index in [2.05, 4.69) is 0 Å². The summed E-state index contributed by atoms with van der Waals surface area (Å²) in [4.78, 5) is 14.8. The lowest BCUT2D eigenvalue weighted by atomic mass is 10.0. The number of rotatable bonds is 5.